The van der Waals surface area contributed by atoms with Crippen LogP contribution in [-0.2, 0) is 5.79 Å². The second kappa shape index (κ2) is 10.6. The zero-order valence-electron chi connectivity index (χ0n) is 27.0. The summed E-state index contributed by atoms with van der Waals surface area (Å²) in [5, 5.41) is 53.1. The van der Waals surface area contributed by atoms with E-state index in [1.54, 1.807) is 30.3 Å². The molecule has 8 rings (SSSR count). The van der Waals surface area contributed by atoms with Gasteiger partial charge in [-0.25, -0.2) is 0 Å². The summed E-state index contributed by atoms with van der Waals surface area (Å²) in [5.41, 5.74) is 3.09. The number of rotatable bonds is 4. The maximum absolute atomic E-state index is 13.5. The van der Waals surface area contributed by atoms with Gasteiger partial charge in [0.05, 0.1) is 22.6 Å². The summed E-state index contributed by atoms with van der Waals surface area (Å²) < 4.78 is 20.4. The van der Waals surface area contributed by atoms with Crippen molar-refractivity contribution in [3.05, 3.63) is 118 Å². The van der Waals surface area contributed by atoms with Crippen molar-refractivity contribution in [3.8, 4) is 46.0 Å². The van der Waals surface area contributed by atoms with Gasteiger partial charge in [0.25, 0.3) is 5.79 Å². The van der Waals surface area contributed by atoms with Crippen LogP contribution in [0.2, 0.25) is 0 Å². The maximum Gasteiger partial charge on any atom is 0.285 e. The lowest BCUT2D eigenvalue weighted by molar-refractivity contribution is -0.198. The van der Waals surface area contributed by atoms with Crippen molar-refractivity contribution < 1.29 is 44.5 Å². The molecule has 0 spiro atoms. The SMILES string of the molecule is CC1=C[C@@H]2c3c(ccc(C(=O)C=Cc4ccc(O)cc4O)c3O)O[C@]3(c4ccc(O)c5c4OC(C)(C)C=C5)Oc4cc(O)ccc4[C@@H](C1)[C@H]23. The summed E-state index contributed by atoms with van der Waals surface area (Å²) in [5.74, 6) is -2.49. The summed E-state index contributed by atoms with van der Waals surface area (Å²) in [6.07, 6.45) is 9.10. The fraction of sp³-hybridized carbons (Fsp3) is 0.225. The fourth-order valence-electron chi connectivity index (χ4n) is 7.80. The van der Waals surface area contributed by atoms with Crippen LogP contribution in [0.3, 0.4) is 0 Å². The molecular weight excluding hydrogens is 624 g/mol. The van der Waals surface area contributed by atoms with Gasteiger partial charge in [0.2, 0.25) is 0 Å². The molecule has 0 saturated heterocycles. The third-order valence-electron chi connectivity index (χ3n) is 9.95. The fourth-order valence-corrected chi connectivity index (χ4v) is 7.80. The minimum atomic E-state index is -1.53. The quantitative estimate of drug-likeness (QED) is 0.0843. The molecule has 9 heteroatoms. The number of phenolic OH excluding ortho intramolecular Hbond substituents is 5. The number of carbonyl (C=O) groups excluding carboxylic acids is 1. The molecule has 4 aliphatic rings. The Labute approximate surface area is 282 Å². The average molecular weight is 659 g/mol. The highest BCUT2D eigenvalue weighted by Gasteiger charge is 2.62. The molecule has 0 saturated carbocycles. The Morgan fingerprint density at radius 1 is 0.857 bits per heavy atom. The number of phenols is 5. The van der Waals surface area contributed by atoms with Gasteiger partial charge in [0.1, 0.15) is 51.6 Å². The summed E-state index contributed by atoms with van der Waals surface area (Å²) in [4.78, 5) is 13.5. The first-order chi connectivity index (χ1) is 23.3. The van der Waals surface area contributed by atoms with Crippen molar-refractivity contribution in [2.75, 3.05) is 0 Å². The van der Waals surface area contributed by atoms with Gasteiger partial charge in [-0.15, -0.1) is 0 Å². The van der Waals surface area contributed by atoms with Crippen molar-refractivity contribution in [1.29, 1.82) is 0 Å². The van der Waals surface area contributed by atoms with E-state index in [4.69, 9.17) is 14.2 Å². The number of carbonyl (C=O) groups is 1. The number of ether oxygens (including phenoxy) is 3. The predicted molar refractivity (Wildman–Crippen MR) is 181 cm³/mol. The van der Waals surface area contributed by atoms with Crippen molar-refractivity contribution in [2.24, 2.45) is 5.92 Å². The summed E-state index contributed by atoms with van der Waals surface area (Å²) >= 11 is 0. The number of hydrogen-bond acceptors (Lipinski definition) is 9. The molecule has 0 fully saturated rings. The maximum atomic E-state index is 13.5. The van der Waals surface area contributed by atoms with Crippen LogP contribution < -0.4 is 14.2 Å². The lowest BCUT2D eigenvalue weighted by Gasteiger charge is -2.55. The smallest absolute Gasteiger partial charge is 0.285 e. The van der Waals surface area contributed by atoms with Gasteiger partial charge in [-0.3, -0.25) is 4.79 Å². The van der Waals surface area contributed by atoms with Crippen molar-refractivity contribution >= 4 is 17.9 Å². The standard InChI is InChI=1S/C40H34O9/c1-20-16-27-24-8-7-23(42)19-34(24)48-40(29-10-12-31(44)26-14-15-39(2,3)49-38(26)29)36(27)28(17-20)35-33(47-40)13-9-25(37(35)46)30(43)11-5-21-4-6-22(41)18-32(21)45/h4-15,17-19,27-28,36,41-42,44-46H,16H2,1-3H3/t27-,28-,36-,40-/m1/s1. The van der Waals surface area contributed by atoms with Crippen LogP contribution in [-0.4, -0.2) is 36.9 Å². The van der Waals surface area contributed by atoms with E-state index in [1.807, 2.05) is 39.0 Å². The Kier molecular flexibility index (Phi) is 6.59. The molecule has 3 aliphatic heterocycles. The lowest BCUT2D eigenvalue weighted by atomic mass is 9.60. The van der Waals surface area contributed by atoms with E-state index in [0.717, 1.165) is 11.1 Å². The molecule has 4 aromatic rings. The molecule has 0 unspecified atom stereocenters. The van der Waals surface area contributed by atoms with Crippen LogP contribution >= 0.6 is 0 Å². The number of fused-ring (bicyclic) bond motifs is 5. The molecule has 5 N–H and O–H groups in total. The van der Waals surface area contributed by atoms with E-state index in [1.165, 1.54) is 36.4 Å². The first kappa shape index (κ1) is 30.5. The van der Waals surface area contributed by atoms with Crippen molar-refractivity contribution in [1.82, 2.24) is 0 Å². The molecule has 0 radical (unpaired) electrons. The molecule has 1 aliphatic carbocycles. The third kappa shape index (κ3) is 4.71. The molecule has 0 aromatic heterocycles. The monoisotopic (exact) mass is 658 g/mol. The van der Waals surface area contributed by atoms with E-state index < -0.39 is 29.0 Å². The van der Waals surface area contributed by atoms with Crippen LogP contribution in [0.15, 0.2) is 84.5 Å². The number of aromatic hydroxyl groups is 5. The Balaban J connectivity index is 1.32. The average Bonchev–Trinajstić information content (AvgIpc) is 3.03. The lowest BCUT2D eigenvalue weighted by Crippen LogP contribution is -2.56. The predicted octanol–water partition coefficient (Wildman–Crippen LogP) is 7.77. The van der Waals surface area contributed by atoms with E-state index in [2.05, 4.69) is 6.08 Å². The molecule has 0 bridgehead atoms. The normalized spacial score (nSPS) is 23.9. The molecular formula is C40H34O9. The highest BCUT2D eigenvalue weighted by atomic mass is 16.7. The number of ketones is 1. The van der Waals surface area contributed by atoms with Gasteiger partial charge < -0.3 is 39.7 Å². The van der Waals surface area contributed by atoms with Crippen LogP contribution in [0.25, 0.3) is 12.2 Å². The number of allylic oxidation sites excluding steroid dienone is 3. The third-order valence-corrected chi connectivity index (χ3v) is 9.95. The summed E-state index contributed by atoms with van der Waals surface area (Å²) in [6, 6.07) is 15.6. The van der Waals surface area contributed by atoms with Gasteiger partial charge in [0.15, 0.2) is 5.78 Å². The molecule has 3 heterocycles. The molecule has 0 amide bonds. The Morgan fingerprint density at radius 2 is 1.61 bits per heavy atom. The minimum Gasteiger partial charge on any atom is -0.508 e. The highest BCUT2D eigenvalue weighted by molar-refractivity contribution is 6.09. The Hall–Kier alpha value is -5.83. The van der Waals surface area contributed by atoms with E-state index in [-0.39, 0.29) is 40.2 Å². The Bertz CT molecular complexity index is 2170. The second-order valence-corrected chi connectivity index (χ2v) is 13.7. The summed E-state index contributed by atoms with van der Waals surface area (Å²) in [6.45, 7) is 5.85. The van der Waals surface area contributed by atoms with Crippen LogP contribution in [0.1, 0.15) is 77.2 Å². The molecule has 9 nitrogen and oxygen atoms in total. The van der Waals surface area contributed by atoms with Crippen molar-refractivity contribution in [3.63, 3.8) is 0 Å². The molecule has 4 atom stereocenters. The molecule has 49 heavy (non-hydrogen) atoms. The van der Waals surface area contributed by atoms with Crippen LogP contribution in [0.5, 0.6) is 46.0 Å². The zero-order valence-corrected chi connectivity index (χ0v) is 27.0. The van der Waals surface area contributed by atoms with Gasteiger partial charge in [0, 0.05) is 35.1 Å². The molecule has 4 aromatic carbocycles. The van der Waals surface area contributed by atoms with E-state index in [0.29, 0.717) is 45.9 Å². The van der Waals surface area contributed by atoms with Crippen LogP contribution in [0.4, 0.5) is 0 Å². The van der Waals surface area contributed by atoms with E-state index >= 15 is 0 Å². The van der Waals surface area contributed by atoms with Crippen molar-refractivity contribution in [2.45, 2.75) is 50.4 Å². The highest BCUT2D eigenvalue weighted by Crippen LogP contribution is 2.66. The topological polar surface area (TPSA) is 146 Å². The minimum absolute atomic E-state index is 0.0331. The second-order valence-electron chi connectivity index (χ2n) is 13.7. The number of benzene rings is 4. The van der Waals surface area contributed by atoms with Gasteiger partial charge >= 0.3 is 0 Å². The first-order valence-corrected chi connectivity index (χ1v) is 16.1. The largest absolute Gasteiger partial charge is 0.508 e. The summed E-state index contributed by atoms with van der Waals surface area (Å²) in [7, 11) is 0. The van der Waals surface area contributed by atoms with Gasteiger partial charge in [-0.2, -0.15) is 0 Å². The first-order valence-electron chi connectivity index (χ1n) is 16.1. The van der Waals surface area contributed by atoms with Gasteiger partial charge in [-0.05, 0) is 99.5 Å². The van der Waals surface area contributed by atoms with Crippen LogP contribution in [0, 0.1) is 5.92 Å². The molecule has 248 valence electrons. The number of hydrogen-bond donors (Lipinski definition) is 5. The zero-order chi connectivity index (χ0) is 34.4. The Morgan fingerprint density at radius 3 is 2.41 bits per heavy atom. The van der Waals surface area contributed by atoms with Gasteiger partial charge in [-0.1, -0.05) is 17.7 Å². The van der Waals surface area contributed by atoms with E-state index in [9.17, 15) is 30.3 Å².